The van der Waals surface area contributed by atoms with Gasteiger partial charge in [0.1, 0.15) is 36.9 Å². The minimum Gasteiger partial charge on any atom is -0.391 e. The standard InChI is InChI=1S/C59H72F5N11O9S/c1-35-29-74(30-36(2)71(35)7)48-25-46(61)44(24-47(48)69-54(79)43-13-12-41(60)22-45(43)59(62,63)64)40-27-66-57(67-28-40)73-16-14-72(15-17-73)51(78)33-84-21-19-82-18-20-83-32-50(77)70-53(58(4,5)6)56(81)75-31-42(76)23-49(75)55(80)65-26-38-8-10-39(11-9-38)52-37(3)68-34-85-52/h8-13,22,24-25,27-28,34-36,42,49,53,76H,14-21,23,26,29-33H2,1-7H3,(H,65,80)(H,69,79)(H,70,77)/t35-,36+,42-,49+,53-/m1/s1. The van der Waals surface area contributed by atoms with Crippen LogP contribution in [-0.2, 0) is 46.1 Å². The van der Waals surface area contributed by atoms with E-state index in [9.17, 15) is 46.6 Å². The summed E-state index contributed by atoms with van der Waals surface area (Å²) in [6, 6.07) is 10.1. The summed E-state index contributed by atoms with van der Waals surface area (Å²) in [7, 11) is 1.95. The number of aliphatic hydroxyl groups is 1. The topological polar surface area (TPSA) is 224 Å². The van der Waals surface area contributed by atoms with Crippen LogP contribution >= 0.6 is 11.3 Å². The van der Waals surface area contributed by atoms with Gasteiger partial charge in [0.15, 0.2) is 0 Å². The number of alkyl halides is 3. The van der Waals surface area contributed by atoms with E-state index in [-0.39, 0.29) is 106 Å². The van der Waals surface area contributed by atoms with Crippen molar-refractivity contribution < 1.29 is 65.2 Å². The minimum absolute atomic E-state index is 0.0110. The molecule has 85 heavy (non-hydrogen) atoms. The van der Waals surface area contributed by atoms with Crippen molar-refractivity contribution in [2.45, 2.75) is 91.0 Å². The number of piperazine rings is 2. The molecule has 2 aromatic heterocycles. The maximum absolute atomic E-state index is 16.2. The van der Waals surface area contributed by atoms with Gasteiger partial charge < -0.3 is 54.9 Å². The third kappa shape index (κ3) is 16.2. The average molecular weight is 1210 g/mol. The number of anilines is 3. The van der Waals surface area contributed by atoms with E-state index in [1.807, 2.05) is 61.9 Å². The van der Waals surface area contributed by atoms with Crippen molar-refractivity contribution in [1.29, 1.82) is 0 Å². The molecule has 458 valence electrons. The maximum atomic E-state index is 16.2. The maximum Gasteiger partial charge on any atom is 0.417 e. The summed E-state index contributed by atoms with van der Waals surface area (Å²) >= 11 is 1.55. The number of aryl methyl sites for hydroxylation is 1. The van der Waals surface area contributed by atoms with Gasteiger partial charge in [0.05, 0.1) is 71.1 Å². The molecular formula is C59H72F5N11O9S. The SMILES string of the molecule is Cc1ncsc1-c1ccc(CNC(=O)[C@@H]2C[C@@H](O)CN2C(=O)[C@@H](NC(=O)COCCOCCOCC(=O)N2CCN(c3ncc(-c4cc(NC(=O)c5ccc(F)cc5C(F)(F)F)c(N5C[C@@H](C)N(C)[C@@H](C)C5)cc4F)cn3)CC2)C(C)(C)C)cc1. The molecule has 5 atom stereocenters. The van der Waals surface area contributed by atoms with Crippen LogP contribution < -0.4 is 25.8 Å². The normalized spacial score (nSPS) is 19.0. The third-order valence-corrected chi connectivity index (χ3v) is 16.3. The van der Waals surface area contributed by atoms with Crippen LogP contribution in [0.1, 0.15) is 68.2 Å². The third-order valence-electron chi connectivity index (χ3n) is 15.3. The van der Waals surface area contributed by atoms with Crippen molar-refractivity contribution in [2.75, 3.05) is 108 Å². The van der Waals surface area contributed by atoms with Crippen molar-refractivity contribution in [1.82, 2.24) is 40.3 Å². The number of nitrogens with zero attached hydrogens (tertiary/aromatic N) is 8. The van der Waals surface area contributed by atoms with Crippen LogP contribution in [0.3, 0.4) is 0 Å². The molecule has 3 saturated heterocycles. The summed E-state index contributed by atoms with van der Waals surface area (Å²) in [6.45, 7) is 13.5. The second-order valence-corrected chi connectivity index (χ2v) is 23.4. The van der Waals surface area contributed by atoms with Crippen LogP contribution in [-0.4, -0.2) is 187 Å². The molecular weight excluding hydrogens is 1130 g/mol. The predicted molar refractivity (Wildman–Crippen MR) is 309 cm³/mol. The van der Waals surface area contributed by atoms with Crippen molar-refractivity contribution in [3.8, 4) is 21.6 Å². The Balaban J connectivity index is 0.745. The zero-order valence-corrected chi connectivity index (χ0v) is 49.3. The average Bonchev–Trinajstić information content (AvgIpc) is 1.97. The van der Waals surface area contributed by atoms with E-state index in [0.29, 0.717) is 45.2 Å². The molecule has 20 nitrogen and oxygen atoms in total. The molecule has 8 rings (SSSR count). The van der Waals surface area contributed by atoms with Gasteiger partial charge in [-0.2, -0.15) is 13.2 Å². The van der Waals surface area contributed by atoms with E-state index in [1.54, 1.807) is 42.5 Å². The Labute approximate surface area is 494 Å². The Morgan fingerprint density at radius 1 is 0.800 bits per heavy atom. The van der Waals surface area contributed by atoms with E-state index < -0.39 is 76.2 Å². The first kappa shape index (κ1) is 63.8. The van der Waals surface area contributed by atoms with Gasteiger partial charge in [-0.15, -0.1) is 11.3 Å². The van der Waals surface area contributed by atoms with E-state index in [2.05, 4.69) is 35.8 Å². The highest BCUT2D eigenvalue weighted by Crippen LogP contribution is 2.38. The smallest absolute Gasteiger partial charge is 0.391 e. The first-order chi connectivity index (χ1) is 40.4. The summed E-state index contributed by atoms with van der Waals surface area (Å²) < 4.78 is 88.7. The number of halogens is 5. The van der Waals surface area contributed by atoms with Gasteiger partial charge in [-0.3, -0.25) is 28.9 Å². The molecule has 4 N–H and O–H groups in total. The number of rotatable bonds is 21. The Morgan fingerprint density at radius 2 is 1.45 bits per heavy atom. The van der Waals surface area contributed by atoms with Gasteiger partial charge >= 0.3 is 6.18 Å². The summed E-state index contributed by atoms with van der Waals surface area (Å²) in [5.74, 6) is -4.40. The number of likely N-dealkylation sites (N-methyl/N-ethyl adjacent to an activating group) is 1. The molecule has 5 amide bonds. The number of carbonyl (C=O) groups is 5. The number of hydrogen-bond acceptors (Lipinski definition) is 16. The largest absolute Gasteiger partial charge is 0.417 e. The lowest BCUT2D eigenvalue weighted by molar-refractivity contribution is -0.144. The molecule has 3 aromatic carbocycles. The number of carbonyl (C=O) groups excluding carboxylic acids is 5. The van der Waals surface area contributed by atoms with E-state index in [4.69, 9.17) is 14.2 Å². The van der Waals surface area contributed by atoms with Gasteiger partial charge in [-0.1, -0.05) is 45.0 Å². The summed E-state index contributed by atoms with van der Waals surface area (Å²) in [5.41, 5.74) is 2.09. The van der Waals surface area contributed by atoms with Crippen LogP contribution in [0.15, 0.2) is 72.5 Å². The number of benzene rings is 3. The fourth-order valence-electron chi connectivity index (χ4n) is 10.4. The molecule has 0 radical (unpaired) electrons. The number of aliphatic hydroxyl groups excluding tert-OH is 1. The molecule has 5 heterocycles. The molecule has 3 aliphatic heterocycles. The molecule has 0 spiro atoms. The molecule has 26 heteroatoms. The van der Waals surface area contributed by atoms with Gasteiger partial charge in [-0.25, -0.2) is 23.7 Å². The Bertz CT molecular complexity index is 3150. The summed E-state index contributed by atoms with van der Waals surface area (Å²) in [6.07, 6.45) is -3.10. The first-order valence-electron chi connectivity index (χ1n) is 28.0. The molecule has 5 aromatic rings. The fourth-order valence-corrected chi connectivity index (χ4v) is 11.2. The lowest BCUT2D eigenvalue weighted by Gasteiger charge is -2.44. The molecule has 0 aliphatic carbocycles. The van der Waals surface area contributed by atoms with Crippen LogP contribution in [0, 0.1) is 24.0 Å². The van der Waals surface area contributed by atoms with Crippen LogP contribution in [0.25, 0.3) is 21.6 Å². The van der Waals surface area contributed by atoms with Crippen LogP contribution in [0.4, 0.5) is 39.3 Å². The highest BCUT2D eigenvalue weighted by atomic mass is 32.1. The molecule has 0 unspecified atom stereocenters. The number of amides is 5. The lowest BCUT2D eigenvalue weighted by Crippen LogP contribution is -2.58. The second-order valence-electron chi connectivity index (χ2n) is 22.6. The molecule has 3 aliphatic rings. The Hall–Kier alpha value is -7.23. The van der Waals surface area contributed by atoms with Crippen LogP contribution in [0.5, 0.6) is 0 Å². The highest BCUT2D eigenvalue weighted by Gasteiger charge is 2.45. The summed E-state index contributed by atoms with van der Waals surface area (Å²) in [4.78, 5) is 90.3. The quantitative estimate of drug-likeness (QED) is 0.0477. The van der Waals surface area contributed by atoms with E-state index in [0.717, 1.165) is 33.8 Å². The number of aromatic nitrogens is 3. The van der Waals surface area contributed by atoms with E-state index >= 15 is 4.39 Å². The first-order valence-corrected chi connectivity index (χ1v) is 28.9. The van der Waals surface area contributed by atoms with Crippen molar-refractivity contribution in [2.24, 2.45) is 5.41 Å². The predicted octanol–water partition coefficient (Wildman–Crippen LogP) is 6.16. The van der Waals surface area contributed by atoms with Gasteiger partial charge in [-0.05, 0) is 74.7 Å². The molecule has 0 saturated carbocycles. The summed E-state index contributed by atoms with van der Waals surface area (Å²) in [5, 5.41) is 18.8. The fraction of sp³-hybridized carbons (Fsp3) is 0.492. The number of likely N-dealkylation sites (tertiary alicyclic amines) is 1. The van der Waals surface area contributed by atoms with Gasteiger partial charge in [0.25, 0.3) is 5.91 Å². The number of nitrogens with one attached hydrogen (secondary N) is 3. The number of thiazole rings is 1. The minimum atomic E-state index is -5.03. The van der Waals surface area contributed by atoms with Gasteiger partial charge in [0.2, 0.25) is 29.6 Å². The Morgan fingerprint density at radius 3 is 2.07 bits per heavy atom. The molecule has 0 bridgehead atoms. The second kappa shape index (κ2) is 27.9. The van der Waals surface area contributed by atoms with E-state index in [1.165, 1.54) is 29.4 Å². The van der Waals surface area contributed by atoms with Crippen LogP contribution in [0.2, 0.25) is 0 Å². The zero-order valence-electron chi connectivity index (χ0n) is 48.5. The number of hydrogen-bond donors (Lipinski definition) is 4. The number of β-amino-alcohol motifs (C(OH)–C–C–N with tert-alkyl or cyclic N) is 1. The molecule has 3 fully saturated rings. The van der Waals surface area contributed by atoms with Gasteiger partial charge in [0, 0.05) is 94.4 Å². The number of ether oxygens (including phenoxy) is 3. The zero-order chi connectivity index (χ0) is 61.3. The lowest BCUT2D eigenvalue weighted by atomic mass is 9.85. The monoisotopic (exact) mass is 1210 g/mol. The van der Waals surface area contributed by atoms with Crippen molar-refractivity contribution >= 4 is 58.2 Å². The van der Waals surface area contributed by atoms with Crippen molar-refractivity contribution in [3.63, 3.8) is 0 Å². The Kier molecular flexibility index (Phi) is 20.9. The highest BCUT2D eigenvalue weighted by molar-refractivity contribution is 7.13. The van der Waals surface area contributed by atoms with Crippen molar-refractivity contribution in [3.05, 3.63) is 107 Å².